The third-order valence-corrected chi connectivity index (χ3v) is 6.95. The van der Waals surface area contributed by atoms with Crippen molar-refractivity contribution in [2.45, 2.75) is 92.0 Å². The lowest BCUT2D eigenvalue weighted by Crippen LogP contribution is -2.44. The molecule has 0 aromatic heterocycles. The maximum Gasteiger partial charge on any atom is 0.0900 e. The SMILES string of the molecule is CC(C)N(CC(O)COC1CC2CCC1(C)C2(C)C)C(C)C.Cl. The molecule has 4 unspecified atom stereocenters. The standard InChI is InChI=1S/C19H37NO2.ClH/c1-13(2)20(14(3)4)11-16(21)12-22-17-10-15-8-9-19(17,7)18(15,5)6;/h13-17,21H,8-12H2,1-7H3;1H. The molecule has 0 aliphatic heterocycles. The molecule has 0 amide bonds. The molecule has 0 aromatic carbocycles. The normalized spacial score (nSPS) is 33.5. The van der Waals surface area contributed by atoms with E-state index in [-0.39, 0.29) is 17.8 Å². The lowest BCUT2D eigenvalue weighted by molar-refractivity contribution is -0.0819. The zero-order valence-corrected chi connectivity index (χ0v) is 16.9. The van der Waals surface area contributed by atoms with Gasteiger partial charge in [0, 0.05) is 18.6 Å². The van der Waals surface area contributed by atoms with E-state index >= 15 is 0 Å². The topological polar surface area (TPSA) is 32.7 Å². The molecule has 2 aliphatic rings. The molecular formula is C19H38ClNO2. The number of nitrogens with zero attached hydrogens (tertiary/aromatic N) is 1. The van der Waals surface area contributed by atoms with Crippen LogP contribution in [0.4, 0.5) is 0 Å². The van der Waals surface area contributed by atoms with Crippen molar-refractivity contribution in [3.8, 4) is 0 Å². The van der Waals surface area contributed by atoms with Gasteiger partial charge in [-0.05, 0) is 63.7 Å². The quantitative estimate of drug-likeness (QED) is 0.752. The van der Waals surface area contributed by atoms with Gasteiger partial charge < -0.3 is 9.84 Å². The number of aliphatic hydroxyl groups excluding tert-OH is 1. The molecule has 0 saturated heterocycles. The second-order valence-corrected chi connectivity index (χ2v) is 8.97. The van der Waals surface area contributed by atoms with Gasteiger partial charge in [0.15, 0.2) is 0 Å². The molecule has 1 N–H and O–H groups in total. The van der Waals surface area contributed by atoms with E-state index in [1.54, 1.807) is 0 Å². The minimum absolute atomic E-state index is 0. The molecule has 2 saturated carbocycles. The molecule has 138 valence electrons. The van der Waals surface area contributed by atoms with Gasteiger partial charge in [-0.2, -0.15) is 0 Å². The predicted octanol–water partition coefficient (Wildman–Crippen LogP) is 4.12. The van der Waals surface area contributed by atoms with Crippen LogP contribution in [-0.2, 0) is 4.74 Å². The van der Waals surface area contributed by atoms with Gasteiger partial charge in [-0.3, -0.25) is 4.90 Å². The first kappa shape index (κ1) is 21.2. The van der Waals surface area contributed by atoms with Crippen molar-refractivity contribution in [1.29, 1.82) is 0 Å². The van der Waals surface area contributed by atoms with Crippen molar-refractivity contribution < 1.29 is 9.84 Å². The largest absolute Gasteiger partial charge is 0.389 e. The van der Waals surface area contributed by atoms with Gasteiger partial charge in [0.1, 0.15) is 0 Å². The predicted molar refractivity (Wildman–Crippen MR) is 99.2 cm³/mol. The summed E-state index contributed by atoms with van der Waals surface area (Å²) in [6.45, 7) is 17.1. The minimum atomic E-state index is -0.393. The Labute approximate surface area is 149 Å². The third-order valence-electron chi connectivity index (χ3n) is 6.95. The fourth-order valence-electron chi connectivity index (χ4n) is 4.92. The Bertz CT molecular complexity index is 378. The summed E-state index contributed by atoms with van der Waals surface area (Å²) in [7, 11) is 0. The van der Waals surface area contributed by atoms with Gasteiger partial charge in [0.25, 0.3) is 0 Å². The van der Waals surface area contributed by atoms with Crippen molar-refractivity contribution in [1.82, 2.24) is 4.90 Å². The van der Waals surface area contributed by atoms with Crippen LogP contribution in [-0.4, -0.2) is 47.4 Å². The van der Waals surface area contributed by atoms with Gasteiger partial charge in [0.05, 0.1) is 18.8 Å². The van der Waals surface area contributed by atoms with E-state index in [4.69, 9.17) is 4.74 Å². The van der Waals surface area contributed by atoms with Gasteiger partial charge in [-0.25, -0.2) is 0 Å². The van der Waals surface area contributed by atoms with Crippen LogP contribution < -0.4 is 0 Å². The van der Waals surface area contributed by atoms with Crippen LogP contribution in [0.15, 0.2) is 0 Å². The monoisotopic (exact) mass is 347 g/mol. The first-order chi connectivity index (χ1) is 10.1. The summed E-state index contributed by atoms with van der Waals surface area (Å²) in [5, 5.41) is 10.4. The Morgan fingerprint density at radius 3 is 2.09 bits per heavy atom. The third kappa shape index (κ3) is 3.89. The molecule has 0 radical (unpaired) electrons. The van der Waals surface area contributed by atoms with Gasteiger partial charge in [-0.1, -0.05) is 20.8 Å². The Hall–Kier alpha value is 0.170. The Kier molecular flexibility index (Phi) is 7.00. The van der Waals surface area contributed by atoms with Crippen LogP contribution in [0.25, 0.3) is 0 Å². The number of hydrogen-bond donors (Lipinski definition) is 1. The highest BCUT2D eigenvalue weighted by atomic mass is 35.5. The summed E-state index contributed by atoms with van der Waals surface area (Å²) in [5.74, 6) is 0.794. The summed E-state index contributed by atoms with van der Waals surface area (Å²) in [5.41, 5.74) is 0.664. The van der Waals surface area contributed by atoms with Crippen LogP contribution in [0.5, 0.6) is 0 Å². The number of hydrogen-bond acceptors (Lipinski definition) is 3. The van der Waals surface area contributed by atoms with E-state index < -0.39 is 6.10 Å². The fraction of sp³-hybridized carbons (Fsp3) is 1.00. The van der Waals surface area contributed by atoms with Crippen LogP contribution >= 0.6 is 12.4 Å². The Morgan fingerprint density at radius 1 is 1.13 bits per heavy atom. The molecule has 4 heteroatoms. The van der Waals surface area contributed by atoms with E-state index in [1.807, 2.05) is 0 Å². The molecule has 0 aromatic rings. The molecule has 0 spiro atoms. The molecule has 0 heterocycles. The van der Waals surface area contributed by atoms with E-state index in [0.29, 0.717) is 36.8 Å². The van der Waals surface area contributed by atoms with Crippen molar-refractivity contribution in [2.75, 3.05) is 13.2 Å². The van der Waals surface area contributed by atoms with Crippen molar-refractivity contribution in [3.63, 3.8) is 0 Å². The summed E-state index contributed by atoms with van der Waals surface area (Å²) in [4.78, 5) is 2.33. The second kappa shape index (κ2) is 7.59. The Balaban J connectivity index is 0.00000264. The first-order valence-electron chi connectivity index (χ1n) is 9.15. The van der Waals surface area contributed by atoms with Crippen LogP contribution in [0.1, 0.15) is 67.7 Å². The number of fused-ring (bicyclic) bond motifs is 2. The fourth-order valence-corrected chi connectivity index (χ4v) is 4.92. The molecule has 2 aliphatic carbocycles. The molecular weight excluding hydrogens is 310 g/mol. The molecule has 2 fully saturated rings. The summed E-state index contributed by atoms with van der Waals surface area (Å²) in [6, 6.07) is 0.905. The van der Waals surface area contributed by atoms with Crippen molar-refractivity contribution >= 4 is 12.4 Å². The molecule has 4 atom stereocenters. The average molecular weight is 348 g/mol. The Morgan fingerprint density at radius 2 is 1.70 bits per heavy atom. The summed E-state index contributed by atoms with van der Waals surface area (Å²) >= 11 is 0. The number of aliphatic hydroxyl groups is 1. The minimum Gasteiger partial charge on any atom is -0.389 e. The molecule has 23 heavy (non-hydrogen) atoms. The maximum atomic E-state index is 10.4. The second-order valence-electron chi connectivity index (χ2n) is 8.97. The highest BCUT2D eigenvalue weighted by molar-refractivity contribution is 5.85. The first-order valence-corrected chi connectivity index (χ1v) is 9.15. The zero-order chi connectivity index (χ0) is 16.7. The van der Waals surface area contributed by atoms with Gasteiger partial charge >= 0.3 is 0 Å². The summed E-state index contributed by atoms with van der Waals surface area (Å²) in [6.07, 6.45) is 3.72. The summed E-state index contributed by atoms with van der Waals surface area (Å²) < 4.78 is 6.22. The van der Waals surface area contributed by atoms with Crippen LogP contribution in [0.3, 0.4) is 0 Å². The lowest BCUT2D eigenvalue weighted by atomic mass is 9.70. The molecule has 2 rings (SSSR count). The van der Waals surface area contributed by atoms with Gasteiger partial charge in [-0.15, -0.1) is 12.4 Å². The molecule has 2 bridgehead atoms. The van der Waals surface area contributed by atoms with Crippen LogP contribution in [0.2, 0.25) is 0 Å². The van der Waals surface area contributed by atoms with E-state index in [2.05, 4.69) is 53.4 Å². The lowest BCUT2D eigenvalue weighted by Gasteiger charge is -2.39. The van der Waals surface area contributed by atoms with E-state index in [9.17, 15) is 5.11 Å². The van der Waals surface area contributed by atoms with Crippen LogP contribution in [0, 0.1) is 16.7 Å². The number of rotatable bonds is 7. The highest BCUT2D eigenvalue weighted by Crippen LogP contribution is 2.66. The number of halogens is 1. The van der Waals surface area contributed by atoms with Crippen molar-refractivity contribution in [2.24, 2.45) is 16.7 Å². The van der Waals surface area contributed by atoms with Gasteiger partial charge in [0.2, 0.25) is 0 Å². The van der Waals surface area contributed by atoms with E-state index in [0.717, 1.165) is 5.92 Å². The number of ether oxygens (including phenoxy) is 1. The average Bonchev–Trinajstić information content (AvgIpc) is 2.74. The van der Waals surface area contributed by atoms with E-state index in [1.165, 1.54) is 19.3 Å². The highest BCUT2D eigenvalue weighted by Gasteiger charge is 2.61. The molecule has 3 nitrogen and oxygen atoms in total. The smallest absolute Gasteiger partial charge is 0.0900 e. The maximum absolute atomic E-state index is 10.4. The zero-order valence-electron chi connectivity index (χ0n) is 16.1. The van der Waals surface area contributed by atoms with Crippen molar-refractivity contribution in [3.05, 3.63) is 0 Å².